The van der Waals surface area contributed by atoms with Crippen molar-refractivity contribution in [1.82, 2.24) is 10.3 Å². The van der Waals surface area contributed by atoms with Gasteiger partial charge in [-0.05, 0) is 19.4 Å². The van der Waals surface area contributed by atoms with E-state index in [0.29, 0.717) is 35.4 Å². The SMILES string of the molecule is CCCC(C)(N)C(=O)NCCNc1ncc(Cl)cc1Cl. The minimum absolute atomic E-state index is 0.156. The van der Waals surface area contributed by atoms with Crippen molar-refractivity contribution in [3.8, 4) is 0 Å². The third kappa shape index (κ3) is 5.15. The Labute approximate surface area is 129 Å². The van der Waals surface area contributed by atoms with Gasteiger partial charge in [0, 0.05) is 19.3 Å². The fraction of sp³-hybridized carbons (Fsp3) is 0.538. The summed E-state index contributed by atoms with van der Waals surface area (Å²) in [4.78, 5) is 15.9. The van der Waals surface area contributed by atoms with Gasteiger partial charge in [-0.1, -0.05) is 36.5 Å². The minimum Gasteiger partial charge on any atom is -0.367 e. The van der Waals surface area contributed by atoms with Crippen LogP contribution < -0.4 is 16.4 Å². The standard InChI is InChI=1S/C13H20Cl2N4O/c1-3-4-13(2,16)12(20)18-6-5-17-11-10(15)7-9(14)8-19-11/h7-8H,3-6,16H2,1-2H3,(H,17,19)(H,18,20). The smallest absolute Gasteiger partial charge is 0.239 e. The summed E-state index contributed by atoms with van der Waals surface area (Å²) in [5.74, 6) is 0.380. The number of hydrogen-bond acceptors (Lipinski definition) is 4. The Kier molecular flexibility index (Phi) is 6.52. The number of nitrogens with zero attached hydrogens (tertiary/aromatic N) is 1. The molecule has 1 aromatic rings. The van der Waals surface area contributed by atoms with Crippen LogP contribution in [0.2, 0.25) is 10.0 Å². The molecule has 5 nitrogen and oxygen atoms in total. The maximum atomic E-state index is 11.9. The van der Waals surface area contributed by atoms with E-state index in [-0.39, 0.29) is 5.91 Å². The second-order valence-electron chi connectivity index (χ2n) is 4.83. The van der Waals surface area contributed by atoms with Crippen LogP contribution in [0.5, 0.6) is 0 Å². The number of pyridine rings is 1. The van der Waals surface area contributed by atoms with E-state index in [1.807, 2.05) is 6.92 Å². The van der Waals surface area contributed by atoms with Crippen molar-refractivity contribution < 1.29 is 4.79 Å². The van der Waals surface area contributed by atoms with Crippen molar-refractivity contribution in [3.05, 3.63) is 22.3 Å². The first-order valence-corrected chi connectivity index (χ1v) is 7.24. The van der Waals surface area contributed by atoms with E-state index >= 15 is 0 Å². The van der Waals surface area contributed by atoms with Gasteiger partial charge >= 0.3 is 0 Å². The van der Waals surface area contributed by atoms with Gasteiger partial charge in [-0.25, -0.2) is 4.98 Å². The Morgan fingerprint density at radius 3 is 2.75 bits per heavy atom. The summed E-state index contributed by atoms with van der Waals surface area (Å²) in [6.07, 6.45) is 3.02. The highest BCUT2D eigenvalue weighted by atomic mass is 35.5. The maximum absolute atomic E-state index is 11.9. The molecule has 0 aromatic carbocycles. The highest BCUT2D eigenvalue weighted by Crippen LogP contribution is 2.22. The van der Waals surface area contributed by atoms with Crippen molar-refractivity contribution in [2.75, 3.05) is 18.4 Å². The summed E-state index contributed by atoms with van der Waals surface area (Å²) in [5, 5.41) is 6.73. The lowest BCUT2D eigenvalue weighted by molar-refractivity contribution is -0.125. The van der Waals surface area contributed by atoms with Crippen LogP contribution in [0.15, 0.2) is 12.3 Å². The number of amides is 1. The van der Waals surface area contributed by atoms with E-state index in [1.54, 1.807) is 13.0 Å². The molecular formula is C13H20Cl2N4O. The van der Waals surface area contributed by atoms with Gasteiger partial charge in [0.15, 0.2) is 0 Å². The van der Waals surface area contributed by atoms with E-state index in [1.165, 1.54) is 6.20 Å². The molecule has 112 valence electrons. The molecule has 0 radical (unpaired) electrons. The number of carbonyl (C=O) groups is 1. The average molecular weight is 319 g/mol. The molecule has 0 aliphatic carbocycles. The van der Waals surface area contributed by atoms with Gasteiger partial charge < -0.3 is 16.4 Å². The molecule has 1 atom stereocenters. The minimum atomic E-state index is -0.828. The molecule has 0 saturated carbocycles. The summed E-state index contributed by atoms with van der Waals surface area (Å²) in [6.45, 7) is 4.67. The van der Waals surface area contributed by atoms with Gasteiger partial charge in [0.25, 0.3) is 0 Å². The Balaban J connectivity index is 2.36. The monoisotopic (exact) mass is 318 g/mol. The Morgan fingerprint density at radius 1 is 1.45 bits per heavy atom. The van der Waals surface area contributed by atoms with Crippen molar-refractivity contribution in [2.45, 2.75) is 32.2 Å². The fourth-order valence-corrected chi connectivity index (χ4v) is 2.18. The number of nitrogens with one attached hydrogen (secondary N) is 2. The first-order chi connectivity index (χ1) is 9.36. The molecule has 0 saturated heterocycles. The highest BCUT2D eigenvalue weighted by molar-refractivity contribution is 6.35. The third-order valence-electron chi connectivity index (χ3n) is 2.80. The van der Waals surface area contributed by atoms with Gasteiger partial charge in [0.05, 0.1) is 15.6 Å². The molecule has 0 aliphatic heterocycles. The second-order valence-corrected chi connectivity index (χ2v) is 5.68. The van der Waals surface area contributed by atoms with E-state index in [4.69, 9.17) is 28.9 Å². The number of hydrogen-bond donors (Lipinski definition) is 3. The van der Waals surface area contributed by atoms with Crippen molar-refractivity contribution in [1.29, 1.82) is 0 Å². The number of aromatic nitrogens is 1. The summed E-state index contributed by atoms with van der Waals surface area (Å²) >= 11 is 11.7. The van der Waals surface area contributed by atoms with Gasteiger partial charge in [-0.15, -0.1) is 0 Å². The molecule has 1 rings (SSSR count). The van der Waals surface area contributed by atoms with Gasteiger partial charge in [-0.2, -0.15) is 0 Å². The molecule has 1 aromatic heterocycles. The first kappa shape index (κ1) is 17.0. The van der Waals surface area contributed by atoms with Crippen LogP contribution in [0, 0.1) is 0 Å². The first-order valence-electron chi connectivity index (χ1n) is 6.49. The summed E-state index contributed by atoms with van der Waals surface area (Å²) in [7, 11) is 0. The second kappa shape index (κ2) is 7.67. The van der Waals surface area contributed by atoms with Crippen molar-refractivity contribution in [2.24, 2.45) is 5.73 Å². The molecule has 20 heavy (non-hydrogen) atoms. The van der Waals surface area contributed by atoms with Crippen LogP contribution in [0.4, 0.5) is 5.82 Å². The van der Waals surface area contributed by atoms with Crippen LogP contribution in [0.1, 0.15) is 26.7 Å². The lowest BCUT2D eigenvalue weighted by Crippen LogP contribution is -2.52. The molecule has 7 heteroatoms. The highest BCUT2D eigenvalue weighted by Gasteiger charge is 2.26. The molecule has 0 bridgehead atoms. The van der Waals surface area contributed by atoms with Gasteiger partial charge in [-0.3, -0.25) is 4.79 Å². The zero-order valence-electron chi connectivity index (χ0n) is 11.7. The van der Waals surface area contributed by atoms with Crippen molar-refractivity contribution in [3.63, 3.8) is 0 Å². The normalized spacial score (nSPS) is 13.7. The van der Waals surface area contributed by atoms with Gasteiger partial charge in [0.2, 0.25) is 5.91 Å². The summed E-state index contributed by atoms with van der Waals surface area (Å²) < 4.78 is 0. The molecular weight excluding hydrogens is 299 g/mol. The molecule has 1 unspecified atom stereocenters. The van der Waals surface area contributed by atoms with Crippen LogP contribution in [0.3, 0.4) is 0 Å². The number of rotatable bonds is 7. The van der Waals surface area contributed by atoms with Crippen LogP contribution in [-0.2, 0) is 4.79 Å². The van der Waals surface area contributed by atoms with E-state index in [2.05, 4.69) is 15.6 Å². The molecule has 0 aliphatic rings. The zero-order chi connectivity index (χ0) is 15.2. The number of carbonyl (C=O) groups excluding carboxylic acids is 1. The zero-order valence-corrected chi connectivity index (χ0v) is 13.2. The lowest BCUT2D eigenvalue weighted by atomic mass is 9.97. The molecule has 4 N–H and O–H groups in total. The molecule has 1 heterocycles. The van der Waals surface area contributed by atoms with Crippen LogP contribution >= 0.6 is 23.2 Å². The van der Waals surface area contributed by atoms with Crippen LogP contribution in [0.25, 0.3) is 0 Å². The predicted octanol–water partition coefficient (Wildman–Crippen LogP) is 2.43. The number of halogens is 2. The fourth-order valence-electron chi connectivity index (χ4n) is 1.74. The topological polar surface area (TPSA) is 80.0 Å². The maximum Gasteiger partial charge on any atom is 0.239 e. The van der Waals surface area contributed by atoms with E-state index < -0.39 is 5.54 Å². The largest absolute Gasteiger partial charge is 0.367 e. The summed E-state index contributed by atoms with van der Waals surface area (Å²) in [6, 6.07) is 1.61. The Hall–Kier alpha value is -1.04. The molecule has 0 spiro atoms. The molecule has 1 amide bonds. The average Bonchev–Trinajstić information content (AvgIpc) is 2.36. The number of anilines is 1. The Bertz CT molecular complexity index is 466. The quantitative estimate of drug-likeness (QED) is 0.674. The summed E-state index contributed by atoms with van der Waals surface area (Å²) in [5.41, 5.74) is 5.10. The molecule has 0 fully saturated rings. The predicted molar refractivity (Wildman–Crippen MR) is 83.3 cm³/mol. The van der Waals surface area contributed by atoms with Crippen LogP contribution in [-0.4, -0.2) is 29.5 Å². The third-order valence-corrected chi connectivity index (χ3v) is 3.29. The van der Waals surface area contributed by atoms with Gasteiger partial charge in [0.1, 0.15) is 5.82 Å². The number of nitrogens with two attached hydrogens (primary N) is 1. The lowest BCUT2D eigenvalue weighted by Gasteiger charge is -2.22. The van der Waals surface area contributed by atoms with Crippen molar-refractivity contribution >= 4 is 34.9 Å². The van der Waals surface area contributed by atoms with E-state index in [9.17, 15) is 4.79 Å². The van der Waals surface area contributed by atoms with E-state index in [0.717, 1.165) is 6.42 Å². The Morgan fingerprint density at radius 2 is 2.15 bits per heavy atom.